The van der Waals surface area contributed by atoms with Crippen LogP contribution in [0.25, 0.3) is 33.4 Å². The molecule has 29 heavy (non-hydrogen) atoms. The van der Waals surface area contributed by atoms with Gasteiger partial charge in [-0.15, -0.1) is 0 Å². The average molecular weight is 386 g/mol. The molecule has 0 saturated heterocycles. The maximum absolute atomic E-state index is 11.8. The molecule has 0 amide bonds. The van der Waals surface area contributed by atoms with E-state index in [0.29, 0.717) is 22.4 Å². The van der Waals surface area contributed by atoms with E-state index in [0.717, 1.165) is 28.3 Å². The van der Waals surface area contributed by atoms with E-state index in [1.165, 1.54) is 6.92 Å². The monoisotopic (exact) mass is 386 g/mol. The quantitative estimate of drug-likeness (QED) is 0.437. The summed E-state index contributed by atoms with van der Waals surface area (Å²) in [6, 6.07) is 15.5. The van der Waals surface area contributed by atoms with Crippen LogP contribution in [0.1, 0.15) is 12.7 Å². The molecule has 0 spiro atoms. The first-order valence-corrected chi connectivity index (χ1v) is 9.18. The highest BCUT2D eigenvalue weighted by Crippen LogP contribution is 2.35. The van der Waals surface area contributed by atoms with Crippen LogP contribution in [0.4, 0.5) is 0 Å². The number of hydrogen-bond donors (Lipinski definition) is 0. The Morgan fingerprint density at radius 3 is 2.66 bits per heavy atom. The molecule has 2 aromatic carbocycles. The van der Waals surface area contributed by atoms with Crippen molar-refractivity contribution < 1.29 is 14.3 Å². The Morgan fingerprint density at radius 2 is 1.86 bits per heavy atom. The molecule has 0 aliphatic heterocycles. The lowest BCUT2D eigenvalue weighted by Crippen LogP contribution is -2.02. The average Bonchev–Trinajstić information content (AvgIpc) is 3.26. The lowest BCUT2D eigenvalue weighted by Gasteiger charge is -2.08. The van der Waals surface area contributed by atoms with Crippen molar-refractivity contribution in [2.45, 2.75) is 13.8 Å². The van der Waals surface area contributed by atoms with Crippen LogP contribution in [0.5, 0.6) is 11.5 Å². The highest BCUT2D eigenvalue weighted by Gasteiger charge is 2.21. The first-order valence-electron chi connectivity index (χ1n) is 9.18. The minimum Gasteiger partial charge on any atom is -0.497 e. The Labute approximate surface area is 166 Å². The Morgan fingerprint density at radius 1 is 1.03 bits per heavy atom. The number of aryl methyl sites for hydroxylation is 1. The zero-order valence-electron chi connectivity index (χ0n) is 16.2. The van der Waals surface area contributed by atoms with Crippen molar-refractivity contribution in [2.75, 3.05) is 7.11 Å². The van der Waals surface area contributed by atoms with E-state index >= 15 is 0 Å². The molecule has 0 atom stereocenters. The van der Waals surface area contributed by atoms with Gasteiger partial charge < -0.3 is 9.47 Å². The van der Waals surface area contributed by atoms with Gasteiger partial charge in [-0.2, -0.15) is 0 Å². The number of imidazole rings is 1. The second kappa shape index (κ2) is 6.34. The summed E-state index contributed by atoms with van der Waals surface area (Å²) >= 11 is 0. The van der Waals surface area contributed by atoms with Gasteiger partial charge in [0, 0.05) is 13.0 Å². The molecular weight excluding hydrogens is 368 g/mol. The minimum atomic E-state index is -0.399. The number of fused-ring (bicyclic) bond motifs is 5. The Hall–Kier alpha value is -3.87. The second-order valence-corrected chi connectivity index (χ2v) is 6.78. The van der Waals surface area contributed by atoms with Gasteiger partial charge in [0.25, 0.3) is 0 Å². The third kappa shape index (κ3) is 2.62. The Bertz CT molecular complexity index is 1410. The SMILES string of the molecule is COc1cccc(-n2cc(OC(C)=O)c3c2nc(C)n2c4ccccc4nc32)c1. The zero-order chi connectivity index (χ0) is 20.1. The first kappa shape index (κ1) is 17.2. The van der Waals surface area contributed by atoms with Crippen molar-refractivity contribution in [1.82, 2.24) is 18.9 Å². The van der Waals surface area contributed by atoms with Crippen molar-refractivity contribution >= 4 is 33.7 Å². The van der Waals surface area contributed by atoms with Crippen molar-refractivity contribution in [3.05, 3.63) is 60.6 Å². The van der Waals surface area contributed by atoms with Gasteiger partial charge in [-0.05, 0) is 31.2 Å². The van der Waals surface area contributed by atoms with Gasteiger partial charge in [-0.25, -0.2) is 9.97 Å². The number of ether oxygens (including phenoxy) is 2. The number of rotatable bonds is 3. The second-order valence-electron chi connectivity index (χ2n) is 6.78. The van der Waals surface area contributed by atoms with Gasteiger partial charge in [-0.3, -0.25) is 13.8 Å². The maximum atomic E-state index is 11.8. The van der Waals surface area contributed by atoms with Crippen molar-refractivity contribution in [1.29, 1.82) is 0 Å². The summed E-state index contributed by atoms with van der Waals surface area (Å²) in [7, 11) is 1.62. The predicted molar refractivity (Wildman–Crippen MR) is 110 cm³/mol. The molecule has 0 bridgehead atoms. The summed E-state index contributed by atoms with van der Waals surface area (Å²) in [6.07, 6.45) is 1.77. The summed E-state index contributed by atoms with van der Waals surface area (Å²) in [5, 5.41) is 0.685. The maximum Gasteiger partial charge on any atom is 0.308 e. The molecule has 5 aromatic rings. The summed E-state index contributed by atoms with van der Waals surface area (Å²) in [6.45, 7) is 3.32. The van der Waals surface area contributed by atoms with E-state index in [2.05, 4.69) is 0 Å². The highest BCUT2D eigenvalue weighted by atomic mass is 16.5. The molecule has 3 heterocycles. The van der Waals surface area contributed by atoms with Crippen LogP contribution in [0, 0.1) is 6.92 Å². The van der Waals surface area contributed by atoms with E-state index in [1.807, 2.05) is 64.4 Å². The molecule has 0 unspecified atom stereocenters. The summed E-state index contributed by atoms with van der Waals surface area (Å²) in [4.78, 5) is 21.4. The summed E-state index contributed by atoms with van der Waals surface area (Å²) < 4.78 is 14.8. The van der Waals surface area contributed by atoms with Crippen LogP contribution in [-0.2, 0) is 4.79 Å². The van der Waals surface area contributed by atoms with Crippen LogP contribution in [0.2, 0.25) is 0 Å². The fourth-order valence-corrected chi connectivity index (χ4v) is 3.71. The Balaban J connectivity index is 1.92. The van der Waals surface area contributed by atoms with Crippen LogP contribution in [0.3, 0.4) is 0 Å². The van der Waals surface area contributed by atoms with E-state index in [-0.39, 0.29) is 0 Å². The van der Waals surface area contributed by atoms with E-state index < -0.39 is 5.97 Å². The number of esters is 1. The Kier molecular flexibility index (Phi) is 3.77. The fourth-order valence-electron chi connectivity index (χ4n) is 3.71. The number of para-hydroxylation sites is 2. The molecule has 0 radical (unpaired) electrons. The van der Waals surface area contributed by atoms with Crippen LogP contribution in [-0.4, -0.2) is 32.0 Å². The van der Waals surface area contributed by atoms with Gasteiger partial charge >= 0.3 is 5.97 Å². The van der Waals surface area contributed by atoms with Crippen molar-refractivity contribution in [3.8, 4) is 17.2 Å². The zero-order valence-corrected chi connectivity index (χ0v) is 16.2. The number of hydrogen-bond acceptors (Lipinski definition) is 5. The molecule has 7 heteroatoms. The fraction of sp³-hybridized carbons (Fsp3) is 0.136. The van der Waals surface area contributed by atoms with Gasteiger partial charge in [0.05, 0.1) is 30.0 Å². The predicted octanol–water partition coefficient (Wildman–Crippen LogP) is 4.07. The van der Waals surface area contributed by atoms with Gasteiger partial charge in [0.2, 0.25) is 0 Å². The first-order chi connectivity index (χ1) is 14.1. The summed E-state index contributed by atoms with van der Waals surface area (Å²) in [5.41, 5.74) is 4.02. The van der Waals surface area contributed by atoms with Gasteiger partial charge in [0.1, 0.15) is 17.0 Å². The standard InChI is InChI=1S/C22H18N4O3/c1-13-23-21-20(22-24-17-9-4-5-10-18(17)26(13)22)19(29-14(2)27)12-25(21)15-7-6-8-16(11-15)28-3/h4-12H,1-3H3. The number of aromatic nitrogens is 4. The number of nitrogens with zero attached hydrogens (tertiary/aromatic N) is 4. The van der Waals surface area contributed by atoms with Crippen LogP contribution < -0.4 is 9.47 Å². The molecule has 0 aliphatic rings. The number of benzene rings is 2. The van der Waals surface area contributed by atoms with Crippen LogP contribution >= 0.6 is 0 Å². The topological polar surface area (TPSA) is 70.7 Å². The normalized spacial score (nSPS) is 11.4. The van der Waals surface area contributed by atoms with E-state index in [1.54, 1.807) is 13.3 Å². The summed E-state index contributed by atoms with van der Waals surface area (Å²) in [5.74, 6) is 1.54. The number of methoxy groups -OCH3 is 1. The molecule has 0 aliphatic carbocycles. The molecule has 7 nitrogen and oxygen atoms in total. The molecule has 0 fully saturated rings. The lowest BCUT2D eigenvalue weighted by molar-refractivity contribution is -0.131. The van der Waals surface area contributed by atoms with E-state index in [9.17, 15) is 4.79 Å². The third-order valence-corrected chi connectivity index (χ3v) is 4.91. The van der Waals surface area contributed by atoms with Crippen LogP contribution in [0.15, 0.2) is 54.7 Å². The van der Waals surface area contributed by atoms with Crippen molar-refractivity contribution in [3.63, 3.8) is 0 Å². The highest BCUT2D eigenvalue weighted by molar-refractivity contribution is 6.01. The van der Waals surface area contributed by atoms with Gasteiger partial charge in [-0.1, -0.05) is 18.2 Å². The minimum absolute atomic E-state index is 0.399. The smallest absolute Gasteiger partial charge is 0.308 e. The molecular formula is C22H18N4O3. The molecule has 5 rings (SSSR count). The number of carbonyl (C=O) groups is 1. The van der Waals surface area contributed by atoms with Gasteiger partial charge in [0.15, 0.2) is 17.0 Å². The lowest BCUT2D eigenvalue weighted by atomic mass is 10.3. The molecule has 0 N–H and O–H groups in total. The van der Waals surface area contributed by atoms with Crippen molar-refractivity contribution in [2.24, 2.45) is 0 Å². The van der Waals surface area contributed by atoms with E-state index in [4.69, 9.17) is 19.4 Å². The third-order valence-electron chi connectivity index (χ3n) is 4.91. The largest absolute Gasteiger partial charge is 0.497 e. The molecule has 0 saturated carbocycles. The number of carbonyl (C=O) groups excluding carboxylic acids is 1. The molecule has 3 aromatic heterocycles. The molecule has 144 valence electrons.